The molecule has 1 aliphatic carbocycles. The number of rotatable bonds is 6. The fourth-order valence-corrected chi connectivity index (χ4v) is 2.08. The Morgan fingerprint density at radius 1 is 1.47 bits per heavy atom. The van der Waals surface area contributed by atoms with Gasteiger partial charge in [0.2, 0.25) is 0 Å². The summed E-state index contributed by atoms with van der Waals surface area (Å²) in [6.07, 6.45) is 2.48. The summed E-state index contributed by atoms with van der Waals surface area (Å²) >= 11 is 3.45. The Morgan fingerprint density at radius 3 is 2.82 bits per heavy atom. The van der Waals surface area contributed by atoms with Crippen molar-refractivity contribution in [2.45, 2.75) is 19.4 Å². The summed E-state index contributed by atoms with van der Waals surface area (Å²) in [4.78, 5) is 0. The van der Waals surface area contributed by atoms with Crippen LogP contribution >= 0.6 is 15.9 Å². The van der Waals surface area contributed by atoms with Crippen molar-refractivity contribution in [3.05, 3.63) is 22.2 Å². The van der Waals surface area contributed by atoms with Crippen molar-refractivity contribution < 1.29 is 14.7 Å². The van der Waals surface area contributed by atoms with Gasteiger partial charge in [0.1, 0.15) is 0 Å². The molecule has 5 heteroatoms. The molecule has 1 aliphatic rings. The summed E-state index contributed by atoms with van der Waals surface area (Å²) in [5.74, 6) is 2.07. The molecule has 1 saturated carbocycles. The first-order chi connectivity index (χ1) is 8.26. The molecule has 2 rings (SSSR count). The van der Waals surface area contributed by atoms with Crippen molar-refractivity contribution >= 4 is 15.9 Å². The van der Waals surface area contributed by atoms with Gasteiger partial charge in [-0.25, -0.2) is 5.48 Å². The molecule has 4 nitrogen and oxygen atoms in total. The van der Waals surface area contributed by atoms with E-state index in [9.17, 15) is 0 Å². The molecule has 17 heavy (non-hydrogen) atoms. The number of nitrogens with one attached hydrogen (secondary N) is 1. The highest BCUT2D eigenvalue weighted by molar-refractivity contribution is 9.10. The van der Waals surface area contributed by atoms with Gasteiger partial charge in [-0.1, -0.05) is 15.9 Å². The maximum absolute atomic E-state index is 8.85. The van der Waals surface area contributed by atoms with Gasteiger partial charge >= 0.3 is 0 Å². The van der Waals surface area contributed by atoms with Crippen molar-refractivity contribution in [2.24, 2.45) is 5.92 Å². The molecule has 0 bridgehead atoms. The minimum absolute atomic E-state index is 0.317. The molecule has 0 amide bonds. The molecule has 94 valence electrons. The molecule has 2 N–H and O–H groups in total. The monoisotopic (exact) mass is 301 g/mol. The number of benzene rings is 1. The first-order valence-corrected chi connectivity index (χ1v) is 6.40. The first-order valence-electron chi connectivity index (χ1n) is 5.61. The van der Waals surface area contributed by atoms with E-state index >= 15 is 0 Å². The van der Waals surface area contributed by atoms with Gasteiger partial charge in [-0.15, -0.1) is 0 Å². The molecule has 1 aromatic carbocycles. The lowest BCUT2D eigenvalue weighted by molar-refractivity contribution is 0.158. The van der Waals surface area contributed by atoms with E-state index in [2.05, 4.69) is 21.4 Å². The predicted molar refractivity (Wildman–Crippen MR) is 67.5 cm³/mol. The van der Waals surface area contributed by atoms with Crippen molar-refractivity contribution in [1.82, 2.24) is 5.48 Å². The van der Waals surface area contributed by atoms with Crippen LogP contribution in [0.3, 0.4) is 0 Å². The third-order valence-electron chi connectivity index (χ3n) is 2.80. The second-order valence-corrected chi connectivity index (χ2v) is 5.00. The molecule has 0 aliphatic heterocycles. The van der Waals surface area contributed by atoms with Crippen molar-refractivity contribution in [3.8, 4) is 11.5 Å². The standard InChI is InChI=1S/C12H16BrNO3/c1-16-11-5-4-10(13)9(6-14-15)12(11)17-7-8-2-3-8/h4-5,8,14-15H,2-3,6-7H2,1H3. The SMILES string of the molecule is COc1ccc(Br)c(CNO)c1OCC1CC1. The van der Waals surface area contributed by atoms with E-state index in [1.807, 2.05) is 12.1 Å². The summed E-state index contributed by atoms with van der Waals surface area (Å²) in [7, 11) is 1.61. The van der Waals surface area contributed by atoms with E-state index in [1.165, 1.54) is 12.8 Å². The van der Waals surface area contributed by atoms with E-state index in [1.54, 1.807) is 7.11 Å². The first kappa shape index (κ1) is 12.7. The summed E-state index contributed by atoms with van der Waals surface area (Å²) in [6, 6.07) is 3.74. The number of ether oxygens (including phenoxy) is 2. The summed E-state index contributed by atoms with van der Waals surface area (Å²) < 4.78 is 12.0. The van der Waals surface area contributed by atoms with E-state index < -0.39 is 0 Å². The van der Waals surface area contributed by atoms with Gasteiger partial charge in [-0.05, 0) is 30.9 Å². The Balaban J connectivity index is 2.24. The van der Waals surface area contributed by atoms with Crippen LogP contribution in [0.1, 0.15) is 18.4 Å². The van der Waals surface area contributed by atoms with Gasteiger partial charge in [-0.2, -0.15) is 0 Å². The van der Waals surface area contributed by atoms with Gasteiger partial charge in [0.05, 0.1) is 20.3 Å². The maximum Gasteiger partial charge on any atom is 0.166 e. The van der Waals surface area contributed by atoms with Crippen LogP contribution < -0.4 is 15.0 Å². The van der Waals surface area contributed by atoms with Gasteiger partial charge in [-0.3, -0.25) is 0 Å². The molecule has 0 spiro atoms. The van der Waals surface area contributed by atoms with E-state index in [-0.39, 0.29) is 0 Å². The molecule has 1 aromatic rings. The molecule has 0 aromatic heterocycles. The van der Waals surface area contributed by atoms with Crippen LogP contribution in [0.25, 0.3) is 0 Å². The third-order valence-corrected chi connectivity index (χ3v) is 3.55. The van der Waals surface area contributed by atoms with E-state index in [0.29, 0.717) is 30.6 Å². The molecule has 0 radical (unpaired) electrons. The van der Waals surface area contributed by atoms with Crippen LogP contribution in [-0.4, -0.2) is 18.9 Å². The minimum Gasteiger partial charge on any atom is -0.493 e. The summed E-state index contributed by atoms with van der Waals surface area (Å²) in [5, 5.41) is 8.85. The highest BCUT2D eigenvalue weighted by Gasteiger charge is 2.23. The second kappa shape index (κ2) is 5.71. The van der Waals surface area contributed by atoms with E-state index in [4.69, 9.17) is 14.7 Å². The van der Waals surface area contributed by atoms with Crippen molar-refractivity contribution in [1.29, 1.82) is 0 Å². The molecule has 0 atom stereocenters. The summed E-state index contributed by atoms with van der Waals surface area (Å²) in [6.45, 7) is 1.03. The van der Waals surface area contributed by atoms with E-state index in [0.717, 1.165) is 10.0 Å². The van der Waals surface area contributed by atoms with Crippen molar-refractivity contribution in [3.63, 3.8) is 0 Å². The quantitative estimate of drug-likeness (QED) is 0.793. The zero-order valence-corrected chi connectivity index (χ0v) is 11.3. The molecular weight excluding hydrogens is 286 g/mol. The van der Waals surface area contributed by atoms with Gasteiger partial charge in [0.25, 0.3) is 0 Å². The number of hydroxylamine groups is 1. The second-order valence-electron chi connectivity index (χ2n) is 4.15. The van der Waals surface area contributed by atoms with Crippen LogP contribution in [0, 0.1) is 5.92 Å². The number of hydrogen-bond donors (Lipinski definition) is 2. The van der Waals surface area contributed by atoms with Crippen LogP contribution in [0.15, 0.2) is 16.6 Å². The fourth-order valence-electron chi connectivity index (χ4n) is 1.63. The average molecular weight is 302 g/mol. The topological polar surface area (TPSA) is 50.7 Å². The van der Waals surface area contributed by atoms with Crippen LogP contribution in [0.4, 0.5) is 0 Å². The highest BCUT2D eigenvalue weighted by Crippen LogP contribution is 2.38. The van der Waals surface area contributed by atoms with Gasteiger partial charge < -0.3 is 14.7 Å². The lowest BCUT2D eigenvalue weighted by Crippen LogP contribution is -2.11. The fraction of sp³-hybridized carbons (Fsp3) is 0.500. The molecule has 0 saturated heterocycles. The molecule has 0 unspecified atom stereocenters. The number of halogens is 1. The Morgan fingerprint density at radius 2 is 2.24 bits per heavy atom. The molecular formula is C12H16BrNO3. The van der Waals surface area contributed by atoms with Crippen LogP contribution in [0.5, 0.6) is 11.5 Å². The largest absolute Gasteiger partial charge is 0.493 e. The predicted octanol–water partition coefficient (Wildman–Crippen LogP) is 2.73. The van der Waals surface area contributed by atoms with Crippen molar-refractivity contribution in [2.75, 3.05) is 13.7 Å². The average Bonchev–Trinajstić information content (AvgIpc) is 3.14. The summed E-state index contributed by atoms with van der Waals surface area (Å²) in [5.41, 5.74) is 3.02. The third kappa shape index (κ3) is 3.12. The molecule has 0 heterocycles. The Kier molecular flexibility index (Phi) is 4.25. The van der Waals surface area contributed by atoms with Crippen LogP contribution in [0.2, 0.25) is 0 Å². The Bertz CT molecular complexity index is 394. The maximum atomic E-state index is 8.85. The highest BCUT2D eigenvalue weighted by atomic mass is 79.9. The minimum atomic E-state index is 0.317. The smallest absolute Gasteiger partial charge is 0.166 e. The lowest BCUT2D eigenvalue weighted by atomic mass is 10.2. The normalized spacial score (nSPS) is 14.8. The number of hydrogen-bond acceptors (Lipinski definition) is 4. The lowest BCUT2D eigenvalue weighted by Gasteiger charge is -2.16. The zero-order chi connectivity index (χ0) is 12.3. The van der Waals surface area contributed by atoms with Gasteiger partial charge in [0, 0.05) is 10.0 Å². The van der Waals surface area contributed by atoms with Crippen LogP contribution in [-0.2, 0) is 6.54 Å². The number of methoxy groups -OCH3 is 1. The Hall–Kier alpha value is -0.780. The molecule has 1 fully saturated rings. The van der Waals surface area contributed by atoms with Gasteiger partial charge in [0.15, 0.2) is 11.5 Å². The Labute approximate surface area is 109 Å². The zero-order valence-electron chi connectivity index (χ0n) is 9.70.